The summed E-state index contributed by atoms with van der Waals surface area (Å²) in [5, 5.41) is 0. The molecular weight excluding hydrogens is 675 g/mol. The van der Waals surface area contributed by atoms with Crippen LogP contribution in [0, 0.1) is 0 Å². The van der Waals surface area contributed by atoms with Gasteiger partial charge in [0, 0.05) is 27.8 Å². The standard InChI is InChI=1S/C55H43N/c1-53(2)45-25-14-11-22-40(45)42-32-30-38(34-49(42)53)56(39-31-33-43-41-23-12-15-26-46(41)54(3,4)50(43)35-39)51-29-17-28-48-52(51)44-24-13-16-27-47(44)55(48,36-18-7-5-8-19-36)37-20-9-6-10-21-37/h5-35H,1-4H3. The zero-order valence-corrected chi connectivity index (χ0v) is 32.3. The van der Waals surface area contributed by atoms with Crippen LogP contribution in [0.25, 0.3) is 33.4 Å². The zero-order valence-electron chi connectivity index (χ0n) is 32.3. The van der Waals surface area contributed by atoms with Crippen molar-refractivity contribution in [3.8, 4) is 33.4 Å². The number of hydrogen-bond acceptors (Lipinski definition) is 1. The van der Waals surface area contributed by atoms with Crippen LogP contribution < -0.4 is 4.90 Å². The molecule has 0 radical (unpaired) electrons. The normalized spacial score (nSPS) is 15.6. The molecule has 1 nitrogen and oxygen atoms in total. The van der Waals surface area contributed by atoms with Gasteiger partial charge >= 0.3 is 0 Å². The first-order valence-electron chi connectivity index (χ1n) is 19.9. The molecule has 3 aliphatic rings. The number of hydrogen-bond donors (Lipinski definition) is 0. The summed E-state index contributed by atoms with van der Waals surface area (Å²) in [5.41, 5.74) is 21.4. The predicted octanol–water partition coefficient (Wildman–Crippen LogP) is 14.1. The van der Waals surface area contributed by atoms with E-state index in [1.807, 2.05) is 0 Å². The van der Waals surface area contributed by atoms with E-state index in [1.165, 1.54) is 95.0 Å². The van der Waals surface area contributed by atoms with Crippen LogP contribution in [0.4, 0.5) is 17.1 Å². The Kier molecular flexibility index (Phi) is 6.93. The van der Waals surface area contributed by atoms with Crippen molar-refractivity contribution in [3.63, 3.8) is 0 Å². The third-order valence-corrected chi connectivity index (χ3v) is 13.4. The lowest BCUT2D eigenvalue weighted by molar-refractivity contribution is 0.660. The number of rotatable bonds is 5. The van der Waals surface area contributed by atoms with Gasteiger partial charge in [-0.05, 0) is 103 Å². The number of nitrogens with zero attached hydrogens (tertiary/aromatic N) is 1. The molecule has 8 aromatic rings. The molecule has 0 atom stereocenters. The van der Waals surface area contributed by atoms with E-state index in [2.05, 4.69) is 221 Å². The van der Waals surface area contributed by atoms with E-state index < -0.39 is 5.41 Å². The van der Waals surface area contributed by atoms with Crippen molar-refractivity contribution in [2.45, 2.75) is 43.9 Å². The average Bonchev–Trinajstić information content (AvgIpc) is 3.77. The van der Waals surface area contributed by atoms with E-state index in [4.69, 9.17) is 0 Å². The highest BCUT2D eigenvalue weighted by atomic mass is 15.1. The molecule has 0 saturated carbocycles. The Morgan fingerprint density at radius 3 is 1.25 bits per heavy atom. The third kappa shape index (κ3) is 4.32. The molecule has 0 saturated heterocycles. The lowest BCUT2D eigenvalue weighted by Crippen LogP contribution is -2.28. The van der Waals surface area contributed by atoms with Crippen LogP contribution in [-0.4, -0.2) is 0 Å². The van der Waals surface area contributed by atoms with Crippen molar-refractivity contribution in [2.24, 2.45) is 0 Å². The van der Waals surface area contributed by atoms with Crippen LogP contribution >= 0.6 is 0 Å². The molecule has 0 aromatic heterocycles. The van der Waals surface area contributed by atoms with Gasteiger partial charge in [0.2, 0.25) is 0 Å². The van der Waals surface area contributed by atoms with E-state index in [0.717, 1.165) is 0 Å². The zero-order chi connectivity index (χ0) is 37.8. The van der Waals surface area contributed by atoms with E-state index >= 15 is 0 Å². The molecule has 0 heterocycles. The van der Waals surface area contributed by atoms with Crippen molar-refractivity contribution < 1.29 is 0 Å². The Hall–Kier alpha value is -6.44. The van der Waals surface area contributed by atoms with Crippen molar-refractivity contribution in [2.75, 3.05) is 4.90 Å². The van der Waals surface area contributed by atoms with Gasteiger partial charge in [-0.3, -0.25) is 0 Å². The fraction of sp³-hybridized carbons (Fsp3) is 0.127. The maximum absolute atomic E-state index is 2.56. The minimum Gasteiger partial charge on any atom is -0.310 e. The van der Waals surface area contributed by atoms with E-state index in [9.17, 15) is 0 Å². The first kappa shape index (κ1) is 32.9. The van der Waals surface area contributed by atoms with Gasteiger partial charge in [-0.1, -0.05) is 185 Å². The molecule has 0 amide bonds. The number of anilines is 3. The van der Waals surface area contributed by atoms with Gasteiger partial charge in [-0.25, -0.2) is 0 Å². The highest BCUT2D eigenvalue weighted by molar-refractivity contribution is 5.98. The Bertz CT molecular complexity index is 2710. The van der Waals surface area contributed by atoms with Gasteiger partial charge in [0.25, 0.3) is 0 Å². The average molecular weight is 718 g/mol. The molecule has 0 unspecified atom stereocenters. The molecule has 8 aromatic carbocycles. The fourth-order valence-corrected chi connectivity index (χ4v) is 10.8. The molecular formula is C55H43N. The Morgan fingerprint density at radius 2 is 0.732 bits per heavy atom. The lowest BCUT2D eigenvalue weighted by atomic mass is 9.68. The first-order chi connectivity index (χ1) is 27.3. The summed E-state index contributed by atoms with van der Waals surface area (Å²) >= 11 is 0. The van der Waals surface area contributed by atoms with E-state index in [0.29, 0.717) is 0 Å². The predicted molar refractivity (Wildman–Crippen MR) is 234 cm³/mol. The Labute approximate surface area is 330 Å². The fourth-order valence-electron chi connectivity index (χ4n) is 10.8. The van der Waals surface area contributed by atoms with E-state index in [1.54, 1.807) is 0 Å². The van der Waals surface area contributed by atoms with Crippen LogP contribution in [0.1, 0.15) is 72.2 Å². The van der Waals surface area contributed by atoms with Gasteiger partial charge in [0.1, 0.15) is 0 Å². The van der Waals surface area contributed by atoms with Crippen molar-refractivity contribution in [3.05, 3.63) is 233 Å². The quantitative estimate of drug-likeness (QED) is 0.171. The molecule has 268 valence electrons. The SMILES string of the molecule is CC1(C)c2ccccc2-c2ccc(N(c3ccc4c(c3)C(C)(C)c3ccccc3-4)c3cccc4c3-c3ccccc3C4(c3ccccc3)c3ccccc3)cc21. The van der Waals surface area contributed by atoms with Gasteiger partial charge in [-0.2, -0.15) is 0 Å². The smallest absolute Gasteiger partial charge is 0.0714 e. The summed E-state index contributed by atoms with van der Waals surface area (Å²) in [5.74, 6) is 0. The largest absolute Gasteiger partial charge is 0.310 e. The minimum absolute atomic E-state index is 0.129. The van der Waals surface area contributed by atoms with Crippen LogP contribution in [-0.2, 0) is 16.2 Å². The second-order valence-electron chi connectivity index (χ2n) is 16.9. The number of fused-ring (bicyclic) bond motifs is 9. The van der Waals surface area contributed by atoms with Gasteiger partial charge < -0.3 is 4.90 Å². The topological polar surface area (TPSA) is 3.24 Å². The molecule has 56 heavy (non-hydrogen) atoms. The third-order valence-electron chi connectivity index (χ3n) is 13.4. The van der Waals surface area contributed by atoms with Gasteiger partial charge in [-0.15, -0.1) is 0 Å². The van der Waals surface area contributed by atoms with Gasteiger partial charge in [0.05, 0.1) is 11.1 Å². The molecule has 11 rings (SSSR count). The molecule has 0 bridgehead atoms. The van der Waals surface area contributed by atoms with Crippen molar-refractivity contribution >= 4 is 17.1 Å². The monoisotopic (exact) mass is 717 g/mol. The summed E-state index contributed by atoms with van der Waals surface area (Å²) in [6.07, 6.45) is 0. The first-order valence-corrected chi connectivity index (χ1v) is 19.9. The summed E-state index contributed by atoms with van der Waals surface area (Å²) in [4.78, 5) is 2.56. The molecule has 0 spiro atoms. The highest BCUT2D eigenvalue weighted by Gasteiger charge is 2.47. The van der Waals surface area contributed by atoms with Crippen LogP contribution in [0.3, 0.4) is 0 Å². The second-order valence-corrected chi connectivity index (χ2v) is 16.9. The number of benzene rings is 8. The Morgan fingerprint density at radius 1 is 0.321 bits per heavy atom. The summed E-state index contributed by atoms with van der Waals surface area (Å²) in [6, 6.07) is 70.7. The van der Waals surface area contributed by atoms with Crippen molar-refractivity contribution in [1.82, 2.24) is 0 Å². The molecule has 0 fully saturated rings. The molecule has 1 heteroatoms. The molecule has 0 aliphatic heterocycles. The minimum atomic E-state index is -0.487. The van der Waals surface area contributed by atoms with Crippen LogP contribution in [0.5, 0.6) is 0 Å². The van der Waals surface area contributed by atoms with Crippen molar-refractivity contribution in [1.29, 1.82) is 0 Å². The highest BCUT2D eigenvalue weighted by Crippen LogP contribution is 2.60. The van der Waals surface area contributed by atoms with Crippen LogP contribution in [0.15, 0.2) is 188 Å². The Balaban J connectivity index is 1.21. The van der Waals surface area contributed by atoms with Gasteiger partial charge in [0.15, 0.2) is 0 Å². The molecule has 3 aliphatic carbocycles. The van der Waals surface area contributed by atoms with Crippen LogP contribution in [0.2, 0.25) is 0 Å². The second kappa shape index (κ2) is 11.8. The van der Waals surface area contributed by atoms with E-state index in [-0.39, 0.29) is 10.8 Å². The lowest BCUT2D eigenvalue weighted by Gasteiger charge is -2.34. The maximum atomic E-state index is 2.56. The molecule has 0 N–H and O–H groups in total. The summed E-state index contributed by atoms with van der Waals surface area (Å²) in [7, 11) is 0. The maximum Gasteiger partial charge on any atom is 0.0714 e. The summed E-state index contributed by atoms with van der Waals surface area (Å²) in [6.45, 7) is 9.52. The summed E-state index contributed by atoms with van der Waals surface area (Å²) < 4.78 is 0.